The summed E-state index contributed by atoms with van der Waals surface area (Å²) in [5, 5.41) is 0. The van der Waals surface area contributed by atoms with Crippen molar-refractivity contribution in [2.75, 3.05) is 6.61 Å². The molecule has 1 fully saturated rings. The third kappa shape index (κ3) is 2.80. The second-order valence-electron chi connectivity index (χ2n) is 8.25. The van der Waals surface area contributed by atoms with Crippen LogP contribution in [0.4, 0.5) is 0 Å². The highest BCUT2D eigenvalue weighted by molar-refractivity contribution is 5.86. The van der Waals surface area contributed by atoms with Crippen molar-refractivity contribution in [3.05, 3.63) is 35.9 Å². The van der Waals surface area contributed by atoms with Crippen LogP contribution >= 0.6 is 0 Å². The number of hydrogen-bond acceptors (Lipinski definition) is 3. The van der Waals surface area contributed by atoms with Gasteiger partial charge in [-0.25, -0.2) is 4.99 Å². The lowest BCUT2D eigenvalue weighted by Crippen LogP contribution is -2.25. The van der Waals surface area contributed by atoms with Crippen LogP contribution in [-0.2, 0) is 15.1 Å². The summed E-state index contributed by atoms with van der Waals surface area (Å²) in [4.78, 5) is 4.91. The minimum Gasteiger partial charge on any atom is -0.478 e. The number of hydrogen-bond donors (Lipinski definition) is 0. The van der Waals surface area contributed by atoms with Gasteiger partial charge in [0.15, 0.2) is 5.90 Å². The van der Waals surface area contributed by atoms with Gasteiger partial charge in [-0.15, -0.1) is 0 Å². The van der Waals surface area contributed by atoms with Crippen LogP contribution in [-0.4, -0.2) is 24.7 Å². The predicted octanol–water partition coefficient (Wildman–Crippen LogP) is 4.42. The summed E-state index contributed by atoms with van der Waals surface area (Å²) in [6.07, 6.45) is 0.170. The molecule has 0 bridgehead atoms. The number of nitrogens with zero attached hydrogens (tertiary/aromatic N) is 1. The summed E-state index contributed by atoms with van der Waals surface area (Å²) in [7, 11) is 0. The summed E-state index contributed by atoms with van der Waals surface area (Å²) >= 11 is 0. The highest BCUT2D eigenvalue weighted by Gasteiger charge is 2.68. The molecule has 1 aromatic rings. The Kier molecular flexibility index (Phi) is 4.04. The van der Waals surface area contributed by atoms with Crippen LogP contribution in [0.1, 0.15) is 47.1 Å². The highest BCUT2D eigenvalue weighted by atomic mass is 16.5. The highest BCUT2D eigenvalue weighted by Crippen LogP contribution is 2.62. The van der Waals surface area contributed by atoms with Crippen molar-refractivity contribution in [2.24, 2.45) is 22.2 Å². The molecular weight excluding hydrogens is 286 g/mol. The molecule has 0 spiro atoms. The summed E-state index contributed by atoms with van der Waals surface area (Å²) in [6.45, 7) is 13.8. The van der Waals surface area contributed by atoms with Gasteiger partial charge in [0.1, 0.15) is 12.2 Å². The second-order valence-corrected chi connectivity index (χ2v) is 8.25. The van der Waals surface area contributed by atoms with Crippen LogP contribution in [0.5, 0.6) is 0 Å². The van der Waals surface area contributed by atoms with Crippen molar-refractivity contribution in [2.45, 2.75) is 59.3 Å². The third-order valence-corrected chi connectivity index (χ3v) is 5.12. The van der Waals surface area contributed by atoms with Crippen molar-refractivity contribution in [3.63, 3.8) is 0 Å². The molecule has 3 nitrogen and oxygen atoms in total. The lowest BCUT2D eigenvalue weighted by atomic mass is 9.88. The second kappa shape index (κ2) is 5.62. The van der Waals surface area contributed by atoms with E-state index in [-0.39, 0.29) is 29.1 Å². The maximum atomic E-state index is 6.43. The fraction of sp³-hybridized carbons (Fsp3) is 0.650. The van der Waals surface area contributed by atoms with E-state index in [2.05, 4.69) is 65.8 Å². The van der Waals surface area contributed by atoms with Crippen LogP contribution in [0.3, 0.4) is 0 Å². The van der Waals surface area contributed by atoms with Crippen LogP contribution in [0.2, 0.25) is 0 Å². The van der Waals surface area contributed by atoms with Gasteiger partial charge in [-0.2, -0.15) is 0 Å². The Labute approximate surface area is 140 Å². The molecule has 4 atom stereocenters. The molecule has 3 heteroatoms. The van der Waals surface area contributed by atoms with Crippen molar-refractivity contribution < 1.29 is 9.47 Å². The lowest BCUT2D eigenvalue weighted by Gasteiger charge is -2.22. The average Bonchev–Trinajstić information content (AvgIpc) is 2.87. The van der Waals surface area contributed by atoms with Gasteiger partial charge in [0.05, 0.1) is 18.1 Å². The third-order valence-electron chi connectivity index (χ3n) is 5.12. The van der Waals surface area contributed by atoms with Gasteiger partial charge < -0.3 is 9.47 Å². The Morgan fingerprint density at radius 1 is 1.22 bits per heavy atom. The summed E-state index contributed by atoms with van der Waals surface area (Å²) < 4.78 is 12.4. The van der Waals surface area contributed by atoms with E-state index in [0.717, 1.165) is 5.90 Å². The topological polar surface area (TPSA) is 30.8 Å². The van der Waals surface area contributed by atoms with Crippen molar-refractivity contribution >= 4 is 5.90 Å². The first kappa shape index (κ1) is 16.5. The van der Waals surface area contributed by atoms with E-state index >= 15 is 0 Å². The number of rotatable bonds is 4. The van der Waals surface area contributed by atoms with E-state index in [1.54, 1.807) is 0 Å². The van der Waals surface area contributed by atoms with Crippen LogP contribution < -0.4 is 0 Å². The fourth-order valence-electron chi connectivity index (χ4n) is 3.71. The summed E-state index contributed by atoms with van der Waals surface area (Å²) in [5.74, 6) is 1.49. The van der Waals surface area contributed by atoms with E-state index in [9.17, 15) is 0 Å². The minimum atomic E-state index is -0.291. The van der Waals surface area contributed by atoms with Crippen molar-refractivity contribution in [1.29, 1.82) is 0 Å². The average molecular weight is 315 g/mol. The first-order valence-corrected chi connectivity index (χ1v) is 8.70. The molecule has 0 N–H and O–H groups in total. The summed E-state index contributed by atoms with van der Waals surface area (Å²) in [6, 6.07) is 10.8. The zero-order chi connectivity index (χ0) is 16.8. The molecular formula is C20H29NO2. The largest absolute Gasteiger partial charge is 0.478 e. The van der Waals surface area contributed by atoms with E-state index in [4.69, 9.17) is 14.5 Å². The molecule has 0 saturated heterocycles. The Morgan fingerprint density at radius 2 is 1.87 bits per heavy atom. The van der Waals surface area contributed by atoms with Crippen molar-refractivity contribution in [3.8, 4) is 0 Å². The molecule has 0 aromatic heterocycles. The Bertz CT molecular complexity index is 587. The zero-order valence-corrected chi connectivity index (χ0v) is 15.2. The maximum absolute atomic E-state index is 6.43. The molecule has 1 saturated carbocycles. The van der Waals surface area contributed by atoms with Gasteiger partial charge in [0.25, 0.3) is 0 Å². The van der Waals surface area contributed by atoms with E-state index in [1.807, 2.05) is 6.07 Å². The van der Waals surface area contributed by atoms with E-state index < -0.39 is 0 Å². The molecule has 1 aromatic carbocycles. The predicted molar refractivity (Wildman–Crippen MR) is 93.6 cm³/mol. The Balaban J connectivity index is 1.92. The SMILES string of the molecule is CC(C)OC1(c2ccccc2)C(C)C1C1=N[C@@H](C(C)(C)C)CO1. The van der Waals surface area contributed by atoms with Crippen molar-refractivity contribution in [1.82, 2.24) is 0 Å². The fourth-order valence-corrected chi connectivity index (χ4v) is 3.71. The van der Waals surface area contributed by atoms with E-state index in [1.165, 1.54) is 5.56 Å². The standard InChI is InChI=1S/C20H29NO2/c1-13(2)23-20(15-10-8-7-9-11-15)14(3)17(20)18-21-16(12-22-18)19(4,5)6/h7-11,13-14,16-17H,12H2,1-6H3/t14?,16-,17?,20?/m1/s1. The lowest BCUT2D eigenvalue weighted by molar-refractivity contribution is -0.0292. The Hall–Kier alpha value is -1.35. The quantitative estimate of drug-likeness (QED) is 0.823. The normalized spacial score (nSPS) is 33.5. The first-order valence-electron chi connectivity index (χ1n) is 8.70. The molecule has 126 valence electrons. The van der Waals surface area contributed by atoms with Gasteiger partial charge in [-0.1, -0.05) is 58.0 Å². The van der Waals surface area contributed by atoms with Crippen LogP contribution in [0, 0.1) is 17.3 Å². The van der Waals surface area contributed by atoms with Gasteiger partial charge in [0.2, 0.25) is 0 Å². The molecule has 1 aliphatic carbocycles. The summed E-state index contributed by atoms with van der Waals surface area (Å²) in [5.41, 5.74) is 1.08. The van der Waals surface area contributed by atoms with Crippen LogP contribution in [0.15, 0.2) is 35.3 Å². The van der Waals surface area contributed by atoms with Gasteiger partial charge >= 0.3 is 0 Å². The molecule has 23 heavy (non-hydrogen) atoms. The number of benzene rings is 1. The van der Waals surface area contributed by atoms with E-state index in [0.29, 0.717) is 12.5 Å². The molecule has 3 unspecified atom stereocenters. The van der Waals surface area contributed by atoms with Crippen LogP contribution in [0.25, 0.3) is 0 Å². The van der Waals surface area contributed by atoms with Gasteiger partial charge in [0, 0.05) is 5.92 Å². The molecule has 1 heterocycles. The maximum Gasteiger partial charge on any atom is 0.190 e. The first-order chi connectivity index (χ1) is 10.8. The number of aliphatic imine (C=N–C) groups is 1. The van der Waals surface area contributed by atoms with Gasteiger partial charge in [-0.3, -0.25) is 0 Å². The smallest absolute Gasteiger partial charge is 0.190 e. The Morgan fingerprint density at radius 3 is 2.39 bits per heavy atom. The zero-order valence-electron chi connectivity index (χ0n) is 15.2. The molecule has 0 radical (unpaired) electrons. The minimum absolute atomic E-state index is 0.133. The molecule has 2 aliphatic rings. The molecule has 0 amide bonds. The number of ether oxygens (including phenoxy) is 2. The molecule has 1 aliphatic heterocycles. The van der Waals surface area contributed by atoms with Gasteiger partial charge in [-0.05, 0) is 24.8 Å². The monoisotopic (exact) mass is 315 g/mol. The molecule has 3 rings (SSSR count).